The zero-order chi connectivity index (χ0) is 23.5. The summed E-state index contributed by atoms with van der Waals surface area (Å²) in [4.78, 5) is 25.1. The van der Waals surface area contributed by atoms with Gasteiger partial charge in [0, 0.05) is 19.1 Å². The number of carbonyl (C=O) groups is 2. The zero-order valence-corrected chi connectivity index (χ0v) is 19.7. The van der Waals surface area contributed by atoms with Gasteiger partial charge in [-0.3, -0.25) is 9.59 Å². The normalized spacial score (nSPS) is 26.3. The van der Waals surface area contributed by atoms with E-state index in [-0.39, 0.29) is 29.9 Å². The molecule has 32 heavy (non-hydrogen) atoms. The van der Waals surface area contributed by atoms with Crippen LogP contribution in [0.15, 0.2) is 29.2 Å². The minimum absolute atomic E-state index is 0.0245. The second kappa shape index (κ2) is 10.3. The Hall–Kier alpha value is -2.00. The zero-order valence-electron chi connectivity index (χ0n) is 18.9. The first-order valence-electron chi connectivity index (χ1n) is 11.4. The van der Waals surface area contributed by atoms with Crippen LogP contribution >= 0.6 is 0 Å². The van der Waals surface area contributed by atoms with Gasteiger partial charge in [-0.15, -0.1) is 0 Å². The standard InChI is InChI=1S/C23H33FN2O5S/c1-15-5-4-6-21(16(15)2)25-22(27)17(3)31-23(28)18-11-13-26(14-12-18)32(29,30)20-9-7-19(24)8-10-20/h7-10,15-18,21H,4-6,11-14H2,1-3H3,(H,25,27)/t15-,16+,17-,21+/m0/s1. The number of rotatable bonds is 6. The minimum atomic E-state index is -3.74. The number of carbonyl (C=O) groups excluding carboxylic acids is 2. The molecule has 0 bridgehead atoms. The van der Waals surface area contributed by atoms with Crippen LogP contribution in [0.1, 0.15) is 52.9 Å². The third kappa shape index (κ3) is 5.67. The summed E-state index contributed by atoms with van der Waals surface area (Å²) in [5.74, 6) is -0.807. The van der Waals surface area contributed by atoms with Gasteiger partial charge in [0.05, 0.1) is 10.8 Å². The van der Waals surface area contributed by atoms with E-state index in [0.29, 0.717) is 24.7 Å². The molecule has 0 spiro atoms. The van der Waals surface area contributed by atoms with Gasteiger partial charge in [-0.1, -0.05) is 26.7 Å². The summed E-state index contributed by atoms with van der Waals surface area (Å²) in [6, 6.07) is 4.78. The molecule has 1 aromatic carbocycles. The number of halogens is 1. The van der Waals surface area contributed by atoms with Crippen LogP contribution in [-0.4, -0.2) is 49.8 Å². The first kappa shape index (κ1) is 24.6. The van der Waals surface area contributed by atoms with Crippen molar-refractivity contribution in [1.29, 1.82) is 0 Å². The molecule has 0 aromatic heterocycles. The van der Waals surface area contributed by atoms with Gasteiger partial charge < -0.3 is 10.1 Å². The summed E-state index contributed by atoms with van der Waals surface area (Å²) < 4.78 is 45.2. The van der Waals surface area contributed by atoms with Crippen LogP contribution in [0.5, 0.6) is 0 Å². The average Bonchev–Trinajstić information content (AvgIpc) is 2.77. The molecule has 0 unspecified atom stereocenters. The highest BCUT2D eigenvalue weighted by atomic mass is 32.2. The monoisotopic (exact) mass is 468 g/mol. The number of sulfonamides is 1. The molecule has 2 aliphatic rings. The van der Waals surface area contributed by atoms with E-state index >= 15 is 0 Å². The fourth-order valence-electron chi connectivity index (χ4n) is 4.50. The lowest BCUT2D eigenvalue weighted by Gasteiger charge is -2.35. The highest BCUT2D eigenvalue weighted by Crippen LogP contribution is 2.30. The van der Waals surface area contributed by atoms with Gasteiger partial charge in [-0.2, -0.15) is 4.31 Å². The molecule has 2 fully saturated rings. The summed E-state index contributed by atoms with van der Waals surface area (Å²) >= 11 is 0. The van der Waals surface area contributed by atoms with E-state index in [0.717, 1.165) is 31.4 Å². The fraction of sp³-hybridized carbons (Fsp3) is 0.652. The number of esters is 1. The van der Waals surface area contributed by atoms with Crippen LogP contribution < -0.4 is 5.32 Å². The Bertz CT molecular complexity index is 913. The number of hydrogen-bond donors (Lipinski definition) is 1. The van der Waals surface area contributed by atoms with Crippen LogP contribution in [0.3, 0.4) is 0 Å². The van der Waals surface area contributed by atoms with E-state index in [1.165, 1.54) is 16.4 Å². The second-order valence-electron chi connectivity index (χ2n) is 9.09. The molecule has 4 atom stereocenters. The molecule has 1 heterocycles. The first-order chi connectivity index (χ1) is 15.1. The Morgan fingerprint density at radius 3 is 2.34 bits per heavy atom. The molecule has 1 N–H and O–H groups in total. The highest BCUT2D eigenvalue weighted by Gasteiger charge is 2.35. The Balaban J connectivity index is 1.49. The van der Waals surface area contributed by atoms with Gasteiger partial charge in [-0.05, 0) is 62.3 Å². The van der Waals surface area contributed by atoms with Gasteiger partial charge in [0.2, 0.25) is 10.0 Å². The Labute approximate surface area is 189 Å². The van der Waals surface area contributed by atoms with E-state index in [1.807, 2.05) is 0 Å². The molecule has 1 saturated heterocycles. The molecular weight excluding hydrogens is 435 g/mol. The van der Waals surface area contributed by atoms with Gasteiger partial charge >= 0.3 is 5.97 Å². The van der Waals surface area contributed by atoms with Crippen molar-refractivity contribution in [1.82, 2.24) is 9.62 Å². The summed E-state index contributed by atoms with van der Waals surface area (Å²) in [6.07, 6.45) is 2.89. The molecule has 3 rings (SSSR count). The van der Waals surface area contributed by atoms with Gasteiger partial charge in [0.1, 0.15) is 5.82 Å². The second-order valence-corrected chi connectivity index (χ2v) is 11.0. The van der Waals surface area contributed by atoms with Crippen molar-refractivity contribution in [3.63, 3.8) is 0 Å². The number of nitrogens with one attached hydrogen (secondary N) is 1. The molecule has 1 aromatic rings. The lowest BCUT2D eigenvalue weighted by atomic mass is 9.78. The number of ether oxygens (including phenoxy) is 1. The third-order valence-electron chi connectivity index (χ3n) is 6.94. The van der Waals surface area contributed by atoms with E-state index < -0.39 is 33.8 Å². The Morgan fingerprint density at radius 1 is 1.09 bits per heavy atom. The van der Waals surface area contributed by atoms with Gasteiger partial charge in [0.25, 0.3) is 5.91 Å². The molecular formula is C23H33FN2O5S. The maximum Gasteiger partial charge on any atom is 0.309 e. The van der Waals surface area contributed by atoms with Crippen molar-refractivity contribution < 1.29 is 27.1 Å². The van der Waals surface area contributed by atoms with E-state index in [2.05, 4.69) is 19.2 Å². The van der Waals surface area contributed by atoms with Crippen molar-refractivity contribution in [3.8, 4) is 0 Å². The lowest BCUT2D eigenvalue weighted by molar-refractivity contribution is -0.160. The van der Waals surface area contributed by atoms with Crippen molar-refractivity contribution >= 4 is 21.9 Å². The number of amides is 1. The average molecular weight is 469 g/mol. The van der Waals surface area contributed by atoms with Crippen LogP contribution in [0.2, 0.25) is 0 Å². The van der Waals surface area contributed by atoms with E-state index in [9.17, 15) is 22.4 Å². The van der Waals surface area contributed by atoms with Crippen LogP contribution in [-0.2, 0) is 24.3 Å². The molecule has 178 valence electrons. The molecule has 0 radical (unpaired) electrons. The number of hydrogen-bond acceptors (Lipinski definition) is 5. The van der Waals surface area contributed by atoms with Crippen molar-refractivity contribution in [3.05, 3.63) is 30.1 Å². The molecule has 1 aliphatic heterocycles. The number of piperidine rings is 1. The molecule has 1 saturated carbocycles. The Morgan fingerprint density at radius 2 is 1.72 bits per heavy atom. The molecule has 7 nitrogen and oxygen atoms in total. The Kier molecular flexibility index (Phi) is 7.92. The number of benzene rings is 1. The molecule has 1 aliphatic carbocycles. The summed E-state index contributed by atoms with van der Waals surface area (Å²) in [7, 11) is -3.74. The summed E-state index contributed by atoms with van der Waals surface area (Å²) in [5, 5.41) is 3.03. The topological polar surface area (TPSA) is 92.8 Å². The van der Waals surface area contributed by atoms with E-state index in [1.54, 1.807) is 6.92 Å². The summed E-state index contributed by atoms with van der Waals surface area (Å²) in [6.45, 7) is 6.22. The largest absolute Gasteiger partial charge is 0.452 e. The quantitative estimate of drug-likeness (QED) is 0.648. The van der Waals surface area contributed by atoms with Crippen molar-refractivity contribution in [2.45, 2.75) is 69.9 Å². The molecule has 9 heteroatoms. The maximum atomic E-state index is 13.1. The highest BCUT2D eigenvalue weighted by molar-refractivity contribution is 7.89. The smallest absolute Gasteiger partial charge is 0.309 e. The SMILES string of the molecule is C[C@@H]1[C@@H](C)CCC[C@H]1NC(=O)[C@H](C)OC(=O)C1CCN(S(=O)(=O)c2ccc(F)cc2)CC1. The predicted octanol–water partition coefficient (Wildman–Crippen LogP) is 3.10. The van der Waals surface area contributed by atoms with E-state index in [4.69, 9.17) is 4.74 Å². The van der Waals surface area contributed by atoms with Crippen molar-refractivity contribution in [2.75, 3.05) is 13.1 Å². The molecule has 1 amide bonds. The number of nitrogens with zero attached hydrogens (tertiary/aromatic N) is 1. The lowest BCUT2D eigenvalue weighted by Crippen LogP contribution is -2.48. The van der Waals surface area contributed by atoms with Crippen LogP contribution in [0.4, 0.5) is 4.39 Å². The first-order valence-corrected chi connectivity index (χ1v) is 12.8. The van der Waals surface area contributed by atoms with Crippen LogP contribution in [0.25, 0.3) is 0 Å². The van der Waals surface area contributed by atoms with Crippen LogP contribution in [0, 0.1) is 23.6 Å². The van der Waals surface area contributed by atoms with Gasteiger partial charge in [-0.25, -0.2) is 12.8 Å². The maximum absolute atomic E-state index is 13.1. The fourth-order valence-corrected chi connectivity index (χ4v) is 5.97. The summed E-state index contributed by atoms with van der Waals surface area (Å²) in [5.41, 5.74) is 0. The predicted molar refractivity (Wildman–Crippen MR) is 118 cm³/mol. The minimum Gasteiger partial charge on any atom is -0.452 e. The third-order valence-corrected chi connectivity index (χ3v) is 8.85. The van der Waals surface area contributed by atoms with Gasteiger partial charge in [0.15, 0.2) is 6.10 Å². The van der Waals surface area contributed by atoms with Crippen molar-refractivity contribution in [2.24, 2.45) is 17.8 Å².